The van der Waals surface area contributed by atoms with Gasteiger partial charge in [0.25, 0.3) is 0 Å². The smallest absolute Gasteiger partial charge is 0.387 e. The first kappa shape index (κ1) is 14.4. The molecule has 3 nitrogen and oxygen atoms in total. The molecule has 0 aliphatic rings. The van der Waals surface area contributed by atoms with E-state index in [4.69, 9.17) is 0 Å². The molecule has 1 heterocycles. The molecule has 0 fully saturated rings. The topological polar surface area (TPSA) is 45.2 Å². The normalized spacial score (nSPS) is 11.2. The van der Waals surface area contributed by atoms with Gasteiger partial charge in [-0.25, -0.2) is 0 Å². The molecule has 3 rings (SSSR count). The van der Waals surface area contributed by atoms with E-state index >= 15 is 0 Å². The number of benzene rings is 2. The highest BCUT2D eigenvalue weighted by molar-refractivity contribution is 5.86. The van der Waals surface area contributed by atoms with E-state index in [9.17, 15) is 13.9 Å². The number of H-pyrrole nitrogens is 1. The molecule has 2 aromatic carbocycles. The van der Waals surface area contributed by atoms with Crippen LogP contribution in [0.4, 0.5) is 8.78 Å². The number of halogens is 2. The molecule has 2 N–H and O–H groups in total. The van der Waals surface area contributed by atoms with E-state index in [-0.39, 0.29) is 11.5 Å². The number of aromatic hydroxyl groups is 1. The number of aromatic amines is 1. The summed E-state index contributed by atoms with van der Waals surface area (Å²) in [5, 5.41) is 10.7. The third-order valence-electron chi connectivity index (χ3n) is 3.53. The number of hydrogen-bond acceptors (Lipinski definition) is 2. The molecule has 0 bridgehead atoms. The molecule has 0 aliphatic carbocycles. The Labute approximate surface area is 126 Å². The largest absolute Gasteiger partial charge is 0.507 e. The van der Waals surface area contributed by atoms with Crippen molar-refractivity contribution in [1.29, 1.82) is 0 Å². The second-order valence-electron chi connectivity index (χ2n) is 5.08. The highest BCUT2D eigenvalue weighted by atomic mass is 19.3. The predicted octanol–water partition coefficient (Wildman–Crippen LogP) is 4.26. The van der Waals surface area contributed by atoms with E-state index in [0.717, 1.165) is 22.0 Å². The van der Waals surface area contributed by atoms with Crippen molar-refractivity contribution in [3.8, 4) is 11.5 Å². The van der Waals surface area contributed by atoms with Crippen LogP contribution in [-0.2, 0) is 12.8 Å². The Bertz CT molecular complexity index is 783. The number of alkyl halides is 2. The third-order valence-corrected chi connectivity index (χ3v) is 3.53. The van der Waals surface area contributed by atoms with Gasteiger partial charge in [-0.05, 0) is 54.3 Å². The maximum atomic E-state index is 12.2. The van der Waals surface area contributed by atoms with Crippen LogP contribution in [-0.4, -0.2) is 16.7 Å². The summed E-state index contributed by atoms with van der Waals surface area (Å²) in [6.07, 6.45) is 3.14. The summed E-state index contributed by atoms with van der Waals surface area (Å²) in [5.74, 6) is 0.402. The van der Waals surface area contributed by atoms with Crippen LogP contribution in [0, 0.1) is 0 Å². The second kappa shape index (κ2) is 6.05. The summed E-state index contributed by atoms with van der Waals surface area (Å²) >= 11 is 0. The molecule has 22 heavy (non-hydrogen) atoms. The fourth-order valence-corrected chi connectivity index (χ4v) is 2.52. The Kier molecular flexibility index (Phi) is 3.96. The lowest BCUT2D eigenvalue weighted by Gasteiger charge is -2.07. The molecule has 0 spiro atoms. The maximum absolute atomic E-state index is 12.2. The average molecular weight is 303 g/mol. The molecule has 114 valence electrons. The summed E-state index contributed by atoms with van der Waals surface area (Å²) in [4.78, 5) is 3.07. The van der Waals surface area contributed by atoms with Gasteiger partial charge >= 0.3 is 6.61 Å². The summed E-state index contributed by atoms with van der Waals surface area (Å²) in [7, 11) is 0. The highest BCUT2D eigenvalue weighted by Gasteiger charge is 2.07. The Hall–Kier alpha value is -2.56. The monoisotopic (exact) mass is 303 g/mol. The van der Waals surface area contributed by atoms with Gasteiger partial charge in [0, 0.05) is 17.1 Å². The minimum atomic E-state index is -2.82. The van der Waals surface area contributed by atoms with Crippen LogP contribution < -0.4 is 4.74 Å². The minimum absolute atomic E-state index is 0.162. The fraction of sp³-hybridized carbons (Fsp3) is 0.176. The van der Waals surface area contributed by atoms with Crippen molar-refractivity contribution in [1.82, 2.24) is 4.98 Å². The van der Waals surface area contributed by atoms with E-state index in [0.29, 0.717) is 12.8 Å². The molecule has 0 saturated heterocycles. The molecule has 0 radical (unpaired) electrons. The zero-order valence-electron chi connectivity index (χ0n) is 11.7. The third kappa shape index (κ3) is 3.19. The van der Waals surface area contributed by atoms with Gasteiger partial charge in [-0.1, -0.05) is 12.1 Å². The Morgan fingerprint density at radius 1 is 1.05 bits per heavy atom. The predicted molar refractivity (Wildman–Crippen MR) is 80.4 cm³/mol. The average Bonchev–Trinajstić information content (AvgIpc) is 2.94. The van der Waals surface area contributed by atoms with Crippen LogP contribution in [0.1, 0.15) is 11.1 Å². The first-order valence-corrected chi connectivity index (χ1v) is 6.94. The van der Waals surface area contributed by atoms with E-state index in [2.05, 4.69) is 9.72 Å². The molecule has 0 saturated carbocycles. The lowest BCUT2D eigenvalue weighted by Crippen LogP contribution is -2.02. The standard InChI is InChI=1S/C17H15F2NO2/c18-17(19)22-13-3-1-2-11(8-13)4-5-12-9-15-14(6-7-20-15)16(21)10-12/h1-3,6-10,17,20-21H,4-5H2. The molecule has 5 heteroatoms. The number of phenolic OH excluding ortho intramolecular Hbond substituents is 1. The Morgan fingerprint density at radius 3 is 2.68 bits per heavy atom. The van der Waals surface area contributed by atoms with Crippen LogP contribution in [0.3, 0.4) is 0 Å². The Balaban J connectivity index is 1.73. The van der Waals surface area contributed by atoms with Gasteiger partial charge in [-0.15, -0.1) is 0 Å². The van der Waals surface area contributed by atoms with Crippen LogP contribution in [0.5, 0.6) is 11.5 Å². The van der Waals surface area contributed by atoms with Gasteiger partial charge < -0.3 is 14.8 Å². The van der Waals surface area contributed by atoms with Crippen molar-refractivity contribution >= 4 is 10.9 Å². The SMILES string of the molecule is Oc1cc(CCc2cccc(OC(F)F)c2)cc2[nH]ccc12. The van der Waals surface area contributed by atoms with Crippen molar-refractivity contribution in [2.24, 2.45) is 0 Å². The van der Waals surface area contributed by atoms with E-state index in [1.165, 1.54) is 6.07 Å². The number of aryl methyl sites for hydroxylation is 2. The van der Waals surface area contributed by atoms with Crippen LogP contribution >= 0.6 is 0 Å². The zero-order valence-corrected chi connectivity index (χ0v) is 11.7. The summed E-state index contributed by atoms with van der Waals surface area (Å²) in [6, 6.07) is 12.2. The van der Waals surface area contributed by atoms with E-state index in [1.54, 1.807) is 24.4 Å². The number of ether oxygens (including phenoxy) is 1. The molecule has 0 aliphatic heterocycles. The van der Waals surface area contributed by atoms with Crippen LogP contribution in [0.2, 0.25) is 0 Å². The van der Waals surface area contributed by atoms with E-state index in [1.807, 2.05) is 18.2 Å². The van der Waals surface area contributed by atoms with Crippen molar-refractivity contribution in [2.75, 3.05) is 0 Å². The minimum Gasteiger partial charge on any atom is -0.507 e. The lowest BCUT2D eigenvalue weighted by atomic mass is 10.0. The number of hydrogen-bond donors (Lipinski definition) is 2. The second-order valence-corrected chi connectivity index (χ2v) is 5.08. The maximum Gasteiger partial charge on any atom is 0.387 e. The number of phenols is 1. The van der Waals surface area contributed by atoms with Gasteiger partial charge in [-0.3, -0.25) is 0 Å². The van der Waals surface area contributed by atoms with Gasteiger partial charge in [0.05, 0.1) is 0 Å². The number of rotatable bonds is 5. The summed E-state index contributed by atoms with van der Waals surface area (Å²) < 4.78 is 28.8. The van der Waals surface area contributed by atoms with Crippen LogP contribution in [0.25, 0.3) is 10.9 Å². The molecule has 0 amide bonds. The van der Waals surface area contributed by atoms with Crippen molar-refractivity contribution in [3.63, 3.8) is 0 Å². The molecule has 3 aromatic rings. The van der Waals surface area contributed by atoms with Crippen LogP contribution in [0.15, 0.2) is 48.7 Å². The summed E-state index contributed by atoms with van der Waals surface area (Å²) in [6.45, 7) is -2.82. The lowest BCUT2D eigenvalue weighted by molar-refractivity contribution is -0.0498. The van der Waals surface area contributed by atoms with Gasteiger partial charge in [0.2, 0.25) is 0 Å². The van der Waals surface area contributed by atoms with Crippen molar-refractivity contribution < 1.29 is 18.6 Å². The molecule has 0 unspecified atom stereocenters. The Morgan fingerprint density at radius 2 is 1.86 bits per heavy atom. The number of nitrogens with one attached hydrogen (secondary N) is 1. The van der Waals surface area contributed by atoms with Gasteiger partial charge in [0.15, 0.2) is 0 Å². The first-order chi connectivity index (χ1) is 10.6. The summed E-state index contributed by atoms with van der Waals surface area (Å²) in [5.41, 5.74) is 2.77. The van der Waals surface area contributed by atoms with Gasteiger partial charge in [-0.2, -0.15) is 8.78 Å². The fourth-order valence-electron chi connectivity index (χ4n) is 2.52. The molecule has 0 atom stereocenters. The highest BCUT2D eigenvalue weighted by Crippen LogP contribution is 2.26. The first-order valence-electron chi connectivity index (χ1n) is 6.94. The van der Waals surface area contributed by atoms with E-state index < -0.39 is 6.61 Å². The van der Waals surface area contributed by atoms with Crippen molar-refractivity contribution in [3.05, 3.63) is 59.8 Å². The zero-order chi connectivity index (χ0) is 15.5. The van der Waals surface area contributed by atoms with Gasteiger partial charge in [0.1, 0.15) is 11.5 Å². The number of aromatic nitrogens is 1. The molecular formula is C17H15F2NO2. The van der Waals surface area contributed by atoms with Crippen molar-refractivity contribution in [2.45, 2.75) is 19.5 Å². The molecule has 1 aromatic heterocycles. The molecular weight excluding hydrogens is 288 g/mol. The quantitative estimate of drug-likeness (QED) is 0.739. The number of fused-ring (bicyclic) bond motifs is 1.